The fraction of sp³-hybridized carbons (Fsp3) is 0.259. The normalized spacial score (nSPS) is 13.9. The average molecular weight is 460 g/mol. The Hall–Kier alpha value is -3.84. The first-order chi connectivity index (χ1) is 16.6. The molecule has 1 aliphatic heterocycles. The minimum Gasteiger partial charge on any atom is -0.490 e. The zero-order valence-electron chi connectivity index (χ0n) is 19.3. The first-order valence-electron chi connectivity index (χ1n) is 11.4. The Bertz CT molecular complexity index is 1090. The molecule has 1 fully saturated rings. The van der Waals surface area contributed by atoms with Crippen molar-refractivity contribution in [2.45, 2.75) is 0 Å². The minimum atomic E-state index is -0.280. The fourth-order valence-corrected chi connectivity index (χ4v) is 3.69. The van der Waals surface area contributed by atoms with Gasteiger partial charge in [-0.3, -0.25) is 9.59 Å². The molecule has 0 atom stereocenters. The number of hydrogen-bond acceptors (Lipinski definition) is 5. The van der Waals surface area contributed by atoms with Crippen molar-refractivity contribution in [2.75, 3.05) is 51.8 Å². The van der Waals surface area contributed by atoms with Gasteiger partial charge in [-0.15, -0.1) is 0 Å². The number of nitrogens with one attached hydrogen (secondary N) is 1. The number of piperazine rings is 1. The predicted octanol–water partition coefficient (Wildman–Crippen LogP) is 3.78. The lowest BCUT2D eigenvalue weighted by atomic mass is 10.1. The number of anilines is 1. The van der Waals surface area contributed by atoms with Crippen molar-refractivity contribution in [1.29, 1.82) is 0 Å². The Kier molecular flexibility index (Phi) is 7.78. The molecule has 0 spiro atoms. The summed E-state index contributed by atoms with van der Waals surface area (Å²) < 4.78 is 11.3. The molecule has 0 unspecified atom stereocenters. The SMILES string of the molecule is CN1CCN(C(=O)c2ccccc2NC(=O)c2ccc(OCCOc3ccccc3)cc2)CC1. The average Bonchev–Trinajstić information content (AvgIpc) is 2.88. The molecule has 3 aromatic carbocycles. The zero-order chi connectivity index (χ0) is 23.8. The summed E-state index contributed by atoms with van der Waals surface area (Å²) >= 11 is 0. The minimum absolute atomic E-state index is 0.0644. The van der Waals surface area contributed by atoms with Crippen molar-refractivity contribution in [3.8, 4) is 11.5 Å². The summed E-state index contributed by atoms with van der Waals surface area (Å²) in [6, 6.07) is 23.6. The Labute approximate surface area is 199 Å². The molecule has 1 saturated heterocycles. The number of carbonyl (C=O) groups excluding carboxylic acids is 2. The number of rotatable bonds is 8. The lowest BCUT2D eigenvalue weighted by molar-refractivity contribution is 0.0665. The fourth-order valence-electron chi connectivity index (χ4n) is 3.69. The summed E-state index contributed by atoms with van der Waals surface area (Å²) in [6.07, 6.45) is 0. The quantitative estimate of drug-likeness (QED) is 0.519. The predicted molar refractivity (Wildman–Crippen MR) is 132 cm³/mol. The molecule has 34 heavy (non-hydrogen) atoms. The van der Waals surface area contributed by atoms with E-state index >= 15 is 0 Å². The first kappa shape index (κ1) is 23.3. The third-order valence-corrected chi connectivity index (χ3v) is 5.68. The number of carbonyl (C=O) groups is 2. The third-order valence-electron chi connectivity index (χ3n) is 5.68. The topological polar surface area (TPSA) is 71.1 Å². The van der Waals surface area contributed by atoms with E-state index in [0.717, 1.165) is 18.8 Å². The van der Waals surface area contributed by atoms with E-state index in [2.05, 4.69) is 10.2 Å². The van der Waals surface area contributed by atoms with Gasteiger partial charge in [0.25, 0.3) is 11.8 Å². The van der Waals surface area contributed by atoms with Crippen LogP contribution in [0.4, 0.5) is 5.69 Å². The highest BCUT2D eigenvalue weighted by molar-refractivity contribution is 6.09. The first-order valence-corrected chi connectivity index (χ1v) is 11.4. The van der Waals surface area contributed by atoms with Crippen molar-refractivity contribution in [3.05, 3.63) is 90.0 Å². The van der Waals surface area contributed by atoms with Crippen LogP contribution in [-0.4, -0.2) is 68.1 Å². The Morgan fingerprint density at radius 2 is 1.35 bits per heavy atom. The van der Waals surface area contributed by atoms with Crippen LogP contribution < -0.4 is 14.8 Å². The van der Waals surface area contributed by atoms with E-state index in [-0.39, 0.29) is 11.8 Å². The lowest BCUT2D eigenvalue weighted by Crippen LogP contribution is -2.47. The van der Waals surface area contributed by atoms with Gasteiger partial charge in [-0.1, -0.05) is 30.3 Å². The van der Waals surface area contributed by atoms with E-state index in [1.807, 2.05) is 54.4 Å². The number of hydrogen-bond donors (Lipinski definition) is 1. The summed E-state index contributed by atoms with van der Waals surface area (Å²) in [7, 11) is 2.05. The van der Waals surface area contributed by atoms with Crippen LogP contribution in [0.2, 0.25) is 0 Å². The van der Waals surface area contributed by atoms with Gasteiger partial charge in [-0.25, -0.2) is 0 Å². The van der Waals surface area contributed by atoms with Crippen LogP contribution in [0.3, 0.4) is 0 Å². The molecular formula is C27H29N3O4. The molecule has 0 saturated carbocycles. The number of nitrogens with zero attached hydrogens (tertiary/aromatic N) is 2. The van der Waals surface area contributed by atoms with Gasteiger partial charge >= 0.3 is 0 Å². The van der Waals surface area contributed by atoms with Gasteiger partial charge in [0, 0.05) is 31.7 Å². The molecule has 7 heteroatoms. The van der Waals surface area contributed by atoms with Crippen LogP contribution in [0.25, 0.3) is 0 Å². The molecule has 176 valence electrons. The number of ether oxygens (including phenoxy) is 2. The van der Waals surface area contributed by atoms with Crippen LogP contribution in [0.5, 0.6) is 11.5 Å². The number of amides is 2. The lowest BCUT2D eigenvalue weighted by Gasteiger charge is -2.32. The smallest absolute Gasteiger partial charge is 0.256 e. The summed E-state index contributed by atoms with van der Waals surface area (Å²) in [4.78, 5) is 29.9. The van der Waals surface area contributed by atoms with E-state index in [1.165, 1.54) is 0 Å². The summed E-state index contributed by atoms with van der Waals surface area (Å²) in [5, 5.41) is 2.89. The monoisotopic (exact) mass is 459 g/mol. The van der Waals surface area contributed by atoms with Crippen LogP contribution in [0.15, 0.2) is 78.9 Å². The van der Waals surface area contributed by atoms with E-state index in [4.69, 9.17) is 9.47 Å². The van der Waals surface area contributed by atoms with Gasteiger partial charge in [0.05, 0.1) is 11.3 Å². The highest BCUT2D eigenvalue weighted by Gasteiger charge is 2.23. The van der Waals surface area contributed by atoms with E-state index in [0.29, 0.717) is 48.9 Å². The molecule has 2 amide bonds. The van der Waals surface area contributed by atoms with Crippen LogP contribution in [0, 0.1) is 0 Å². The number of likely N-dealkylation sites (N-methyl/N-ethyl adjacent to an activating group) is 1. The number of benzene rings is 3. The van der Waals surface area contributed by atoms with E-state index in [1.54, 1.807) is 36.4 Å². The van der Waals surface area contributed by atoms with Gasteiger partial charge in [-0.2, -0.15) is 0 Å². The zero-order valence-corrected chi connectivity index (χ0v) is 19.3. The Morgan fingerprint density at radius 1 is 0.765 bits per heavy atom. The molecule has 3 aromatic rings. The van der Waals surface area contributed by atoms with Gasteiger partial charge in [0.15, 0.2) is 0 Å². The maximum atomic E-state index is 13.0. The van der Waals surface area contributed by atoms with Gasteiger partial charge in [0.1, 0.15) is 24.7 Å². The molecule has 0 aliphatic carbocycles. The van der Waals surface area contributed by atoms with Gasteiger partial charge < -0.3 is 24.6 Å². The van der Waals surface area contributed by atoms with Crippen molar-refractivity contribution < 1.29 is 19.1 Å². The van der Waals surface area contributed by atoms with Gasteiger partial charge in [-0.05, 0) is 55.6 Å². The summed E-state index contributed by atoms with van der Waals surface area (Å²) in [5.41, 5.74) is 1.49. The second-order valence-electron chi connectivity index (χ2n) is 8.13. The Balaban J connectivity index is 1.32. The summed E-state index contributed by atoms with van der Waals surface area (Å²) in [6.45, 7) is 3.84. The molecule has 7 nitrogen and oxygen atoms in total. The van der Waals surface area contributed by atoms with Crippen LogP contribution >= 0.6 is 0 Å². The third kappa shape index (κ3) is 6.14. The molecule has 1 aliphatic rings. The molecule has 4 rings (SSSR count). The van der Waals surface area contributed by atoms with E-state index in [9.17, 15) is 9.59 Å². The standard InChI is InChI=1S/C27H29N3O4/c1-29-15-17-30(18-16-29)27(32)24-9-5-6-10-25(24)28-26(31)21-11-13-23(14-12-21)34-20-19-33-22-7-3-2-4-8-22/h2-14H,15-20H2,1H3,(H,28,31). The number of para-hydroxylation sites is 2. The molecule has 0 bridgehead atoms. The largest absolute Gasteiger partial charge is 0.490 e. The van der Waals surface area contributed by atoms with Crippen molar-refractivity contribution in [1.82, 2.24) is 9.80 Å². The highest BCUT2D eigenvalue weighted by Crippen LogP contribution is 2.20. The molecule has 1 N–H and O–H groups in total. The molecular weight excluding hydrogens is 430 g/mol. The summed E-state index contributed by atoms with van der Waals surface area (Å²) in [5.74, 6) is 1.10. The molecule has 0 aromatic heterocycles. The maximum Gasteiger partial charge on any atom is 0.256 e. The van der Waals surface area contributed by atoms with Crippen molar-refractivity contribution in [3.63, 3.8) is 0 Å². The highest BCUT2D eigenvalue weighted by atomic mass is 16.5. The second kappa shape index (κ2) is 11.3. The van der Waals surface area contributed by atoms with E-state index < -0.39 is 0 Å². The van der Waals surface area contributed by atoms with Crippen LogP contribution in [0.1, 0.15) is 20.7 Å². The van der Waals surface area contributed by atoms with Crippen molar-refractivity contribution in [2.24, 2.45) is 0 Å². The Morgan fingerprint density at radius 3 is 2.03 bits per heavy atom. The molecule has 0 radical (unpaired) electrons. The second-order valence-corrected chi connectivity index (χ2v) is 8.13. The maximum absolute atomic E-state index is 13.0. The van der Waals surface area contributed by atoms with Crippen molar-refractivity contribution >= 4 is 17.5 Å². The molecule has 1 heterocycles. The van der Waals surface area contributed by atoms with Crippen LogP contribution in [-0.2, 0) is 0 Å². The van der Waals surface area contributed by atoms with Gasteiger partial charge in [0.2, 0.25) is 0 Å².